The largest absolute Gasteiger partial charge is 0.494 e. The lowest BCUT2D eigenvalue weighted by Crippen LogP contribution is -2.22. The minimum atomic E-state index is -0.189. The van der Waals surface area contributed by atoms with E-state index >= 15 is 0 Å². The van der Waals surface area contributed by atoms with E-state index in [9.17, 15) is 4.79 Å². The topological polar surface area (TPSA) is 77.2 Å². The Morgan fingerprint density at radius 3 is 2.71 bits per heavy atom. The van der Waals surface area contributed by atoms with Crippen LogP contribution in [-0.2, 0) is 6.54 Å². The molecule has 2 rings (SSSR count). The first-order valence-electron chi connectivity index (χ1n) is 6.99. The van der Waals surface area contributed by atoms with Crippen LogP contribution in [0.4, 0.5) is 0 Å². The van der Waals surface area contributed by atoms with E-state index in [1.165, 1.54) is 0 Å². The van der Waals surface area contributed by atoms with Gasteiger partial charge in [0.25, 0.3) is 5.91 Å². The van der Waals surface area contributed by atoms with E-state index in [0.717, 1.165) is 18.6 Å². The minimum Gasteiger partial charge on any atom is -0.494 e. The summed E-state index contributed by atoms with van der Waals surface area (Å²) in [4.78, 5) is 16.0. The van der Waals surface area contributed by atoms with Crippen LogP contribution >= 0.6 is 0 Å². The second-order valence-electron chi connectivity index (χ2n) is 4.64. The molecule has 0 saturated heterocycles. The van der Waals surface area contributed by atoms with Crippen molar-refractivity contribution in [1.29, 1.82) is 0 Å². The highest BCUT2D eigenvalue weighted by Crippen LogP contribution is 2.12. The second-order valence-corrected chi connectivity index (χ2v) is 4.64. The highest BCUT2D eigenvalue weighted by molar-refractivity contribution is 5.94. The molecule has 1 aromatic heterocycles. The standard InChI is InChI=1S/C15H19N3O3/c1-3-4-9-20-13-7-5-12(6-8-13)15(19)16-10-14-17-11(2)18-21-14/h5-8H,3-4,9-10H2,1-2H3,(H,16,19). The average Bonchev–Trinajstić information content (AvgIpc) is 2.91. The van der Waals surface area contributed by atoms with Crippen molar-refractivity contribution >= 4 is 5.91 Å². The maximum atomic E-state index is 12.0. The van der Waals surface area contributed by atoms with E-state index in [1.807, 2.05) is 0 Å². The van der Waals surface area contributed by atoms with Gasteiger partial charge in [0.1, 0.15) is 5.75 Å². The van der Waals surface area contributed by atoms with Crippen LogP contribution in [0.1, 0.15) is 41.8 Å². The highest BCUT2D eigenvalue weighted by atomic mass is 16.5. The number of benzene rings is 1. The number of rotatable bonds is 7. The van der Waals surface area contributed by atoms with Crippen LogP contribution in [0.25, 0.3) is 0 Å². The van der Waals surface area contributed by atoms with Crippen molar-refractivity contribution in [3.8, 4) is 5.75 Å². The van der Waals surface area contributed by atoms with E-state index in [0.29, 0.717) is 23.9 Å². The van der Waals surface area contributed by atoms with Crippen LogP contribution in [0, 0.1) is 6.92 Å². The number of ether oxygens (including phenoxy) is 1. The first-order chi connectivity index (χ1) is 10.2. The van der Waals surface area contributed by atoms with Gasteiger partial charge in [-0.15, -0.1) is 0 Å². The third-order valence-corrected chi connectivity index (χ3v) is 2.85. The van der Waals surface area contributed by atoms with Gasteiger partial charge in [-0.05, 0) is 37.6 Å². The zero-order chi connectivity index (χ0) is 15.1. The number of aryl methyl sites for hydroxylation is 1. The van der Waals surface area contributed by atoms with Gasteiger partial charge in [0.15, 0.2) is 5.82 Å². The van der Waals surface area contributed by atoms with Crippen molar-refractivity contribution in [2.75, 3.05) is 6.61 Å². The molecule has 0 aliphatic heterocycles. The van der Waals surface area contributed by atoms with Crippen LogP contribution in [0.3, 0.4) is 0 Å². The summed E-state index contributed by atoms with van der Waals surface area (Å²) in [5.74, 6) is 1.52. The van der Waals surface area contributed by atoms with E-state index in [-0.39, 0.29) is 12.5 Å². The molecule has 0 aliphatic carbocycles. The number of hydrogen-bond acceptors (Lipinski definition) is 5. The van der Waals surface area contributed by atoms with E-state index < -0.39 is 0 Å². The fourth-order valence-corrected chi connectivity index (χ4v) is 1.71. The number of hydrogen-bond donors (Lipinski definition) is 1. The first-order valence-corrected chi connectivity index (χ1v) is 6.99. The fourth-order valence-electron chi connectivity index (χ4n) is 1.71. The number of carbonyl (C=O) groups is 1. The molecule has 2 aromatic rings. The second kappa shape index (κ2) is 7.42. The summed E-state index contributed by atoms with van der Waals surface area (Å²) in [6, 6.07) is 7.05. The van der Waals surface area contributed by atoms with Gasteiger partial charge in [-0.2, -0.15) is 4.98 Å². The molecule has 0 aliphatic rings. The van der Waals surface area contributed by atoms with Crippen molar-refractivity contribution < 1.29 is 14.1 Å². The molecule has 1 N–H and O–H groups in total. The monoisotopic (exact) mass is 289 g/mol. The van der Waals surface area contributed by atoms with Crippen molar-refractivity contribution in [1.82, 2.24) is 15.5 Å². The Labute approximate surface area is 123 Å². The Morgan fingerprint density at radius 2 is 2.10 bits per heavy atom. The van der Waals surface area contributed by atoms with Crippen molar-refractivity contribution in [2.24, 2.45) is 0 Å². The summed E-state index contributed by atoms with van der Waals surface area (Å²) in [5.41, 5.74) is 0.564. The summed E-state index contributed by atoms with van der Waals surface area (Å²) in [6.07, 6.45) is 2.11. The molecule has 6 heteroatoms. The Hall–Kier alpha value is -2.37. The predicted molar refractivity (Wildman–Crippen MR) is 77.1 cm³/mol. The molecule has 0 unspecified atom stereocenters. The Balaban J connectivity index is 1.84. The summed E-state index contributed by atoms with van der Waals surface area (Å²) >= 11 is 0. The lowest BCUT2D eigenvalue weighted by atomic mass is 10.2. The summed E-state index contributed by atoms with van der Waals surface area (Å²) in [5, 5.41) is 6.38. The van der Waals surface area contributed by atoms with Crippen molar-refractivity contribution in [3.63, 3.8) is 0 Å². The number of nitrogens with zero attached hydrogens (tertiary/aromatic N) is 2. The van der Waals surface area contributed by atoms with Crippen molar-refractivity contribution in [2.45, 2.75) is 33.2 Å². The molecule has 1 amide bonds. The lowest BCUT2D eigenvalue weighted by molar-refractivity contribution is 0.0946. The Morgan fingerprint density at radius 1 is 1.33 bits per heavy atom. The normalized spacial score (nSPS) is 10.4. The average molecular weight is 289 g/mol. The quantitative estimate of drug-likeness (QED) is 0.792. The SMILES string of the molecule is CCCCOc1ccc(C(=O)NCc2nc(C)no2)cc1. The number of carbonyl (C=O) groups excluding carboxylic acids is 1. The van der Waals surface area contributed by atoms with Crippen LogP contribution in [0.5, 0.6) is 5.75 Å². The van der Waals surface area contributed by atoms with E-state index in [4.69, 9.17) is 9.26 Å². The van der Waals surface area contributed by atoms with Crippen LogP contribution < -0.4 is 10.1 Å². The number of nitrogens with one attached hydrogen (secondary N) is 1. The third kappa shape index (κ3) is 4.59. The molecule has 0 atom stereocenters. The van der Waals surface area contributed by atoms with Gasteiger partial charge in [0, 0.05) is 5.56 Å². The molecule has 0 radical (unpaired) electrons. The fraction of sp³-hybridized carbons (Fsp3) is 0.400. The Bertz CT molecular complexity index is 578. The molecule has 0 bridgehead atoms. The smallest absolute Gasteiger partial charge is 0.251 e. The van der Waals surface area contributed by atoms with Gasteiger partial charge in [-0.3, -0.25) is 4.79 Å². The number of unbranched alkanes of at least 4 members (excludes halogenated alkanes) is 1. The number of amides is 1. The molecule has 1 aromatic carbocycles. The van der Waals surface area contributed by atoms with Crippen LogP contribution in [-0.4, -0.2) is 22.7 Å². The molecule has 0 spiro atoms. The van der Waals surface area contributed by atoms with Crippen molar-refractivity contribution in [3.05, 3.63) is 41.5 Å². The highest BCUT2D eigenvalue weighted by Gasteiger charge is 2.08. The van der Waals surface area contributed by atoms with Crippen LogP contribution in [0.2, 0.25) is 0 Å². The first kappa shape index (κ1) is 15.0. The third-order valence-electron chi connectivity index (χ3n) is 2.85. The van der Waals surface area contributed by atoms with E-state index in [2.05, 4.69) is 22.4 Å². The zero-order valence-electron chi connectivity index (χ0n) is 12.3. The molecule has 0 saturated carbocycles. The number of aromatic nitrogens is 2. The molecule has 6 nitrogen and oxygen atoms in total. The summed E-state index contributed by atoms with van der Waals surface area (Å²) in [6.45, 7) is 4.75. The van der Waals surface area contributed by atoms with Gasteiger partial charge in [0.2, 0.25) is 5.89 Å². The zero-order valence-corrected chi connectivity index (χ0v) is 12.3. The maximum Gasteiger partial charge on any atom is 0.251 e. The summed E-state index contributed by atoms with van der Waals surface area (Å²) in [7, 11) is 0. The van der Waals surface area contributed by atoms with Gasteiger partial charge in [-0.25, -0.2) is 0 Å². The van der Waals surface area contributed by atoms with Gasteiger partial charge in [0.05, 0.1) is 13.2 Å². The minimum absolute atomic E-state index is 0.189. The van der Waals surface area contributed by atoms with Gasteiger partial charge in [-0.1, -0.05) is 18.5 Å². The van der Waals surface area contributed by atoms with Gasteiger partial charge >= 0.3 is 0 Å². The molecule has 1 heterocycles. The maximum absolute atomic E-state index is 12.0. The molecule has 21 heavy (non-hydrogen) atoms. The van der Waals surface area contributed by atoms with Gasteiger partial charge < -0.3 is 14.6 Å². The molecule has 0 fully saturated rings. The predicted octanol–water partition coefficient (Wildman–Crippen LogP) is 2.49. The lowest BCUT2D eigenvalue weighted by Gasteiger charge is -2.06. The molecular weight excluding hydrogens is 270 g/mol. The Kier molecular flexibility index (Phi) is 5.31. The van der Waals surface area contributed by atoms with E-state index in [1.54, 1.807) is 31.2 Å². The molecular formula is C15H19N3O3. The molecule has 112 valence electrons. The summed E-state index contributed by atoms with van der Waals surface area (Å²) < 4.78 is 10.5. The van der Waals surface area contributed by atoms with Crippen LogP contribution in [0.15, 0.2) is 28.8 Å².